The lowest BCUT2D eigenvalue weighted by Crippen LogP contribution is -2.41. The Morgan fingerprint density at radius 1 is 1.20 bits per heavy atom. The van der Waals surface area contributed by atoms with E-state index in [0.29, 0.717) is 17.6 Å². The van der Waals surface area contributed by atoms with Crippen molar-refractivity contribution in [2.24, 2.45) is 5.92 Å². The molecule has 3 heterocycles. The Labute approximate surface area is 119 Å². The van der Waals surface area contributed by atoms with Gasteiger partial charge in [0.25, 0.3) is 0 Å². The molecule has 0 amide bonds. The predicted molar refractivity (Wildman–Crippen MR) is 78.3 cm³/mol. The van der Waals surface area contributed by atoms with Crippen molar-refractivity contribution in [2.45, 2.75) is 50.6 Å². The molecule has 1 saturated carbocycles. The van der Waals surface area contributed by atoms with Gasteiger partial charge in [0.1, 0.15) is 5.82 Å². The van der Waals surface area contributed by atoms with Gasteiger partial charge < -0.3 is 4.90 Å². The number of anilines is 1. The van der Waals surface area contributed by atoms with Crippen LogP contribution in [0.3, 0.4) is 0 Å². The van der Waals surface area contributed by atoms with Gasteiger partial charge >= 0.3 is 0 Å². The number of nitrogens with zero attached hydrogens (tertiary/aromatic N) is 3. The van der Waals surface area contributed by atoms with Crippen LogP contribution in [0.1, 0.15) is 44.1 Å². The Morgan fingerprint density at radius 3 is 2.60 bits per heavy atom. The Hall–Kier alpha value is -1.82. The van der Waals surface area contributed by atoms with E-state index in [2.05, 4.69) is 22.0 Å². The number of fused-ring (bicyclic) bond motifs is 2. The van der Waals surface area contributed by atoms with Gasteiger partial charge in [-0.15, -0.1) is 0 Å². The van der Waals surface area contributed by atoms with Crippen molar-refractivity contribution in [1.29, 1.82) is 5.26 Å². The van der Waals surface area contributed by atoms with Gasteiger partial charge in [-0.25, -0.2) is 4.98 Å². The molecule has 3 nitrogen and oxygen atoms in total. The molecule has 1 aromatic rings. The smallest absolute Gasteiger partial charge is 0.130 e. The van der Waals surface area contributed by atoms with Gasteiger partial charge in [0.15, 0.2) is 0 Å². The lowest BCUT2D eigenvalue weighted by molar-refractivity contribution is 0.542. The molecule has 2 saturated heterocycles. The van der Waals surface area contributed by atoms with E-state index in [9.17, 15) is 0 Å². The van der Waals surface area contributed by atoms with Crippen LogP contribution in [0.5, 0.6) is 0 Å². The van der Waals surface area contributed by atoms with Gasteiger partial charge in [-0.05, 0) is 56.6 Å². The quantitative estimate of drug-likeness (QED) is 0.769. The number of nitriles is 1. The summed E-state index contributed by atoms with van der Waals surface area (Å²) in [5, 5.41) is 9.05. The highest BCUT2D eigenvalue weighted by Gasteiger charge is 2.39. The highest BCUT2D eigenvalue weighted by Crippen LogP contribution is 2.43. The SMILES string of the molecule is N#Cc1ccnc(N2C3CCC2CC(=CC2CC2)C3)c1. The zero-order chi connectivity index (χ0) is 13.5. The fraction of sp³-hybridized carbons (Fsp3) is 0.529. The van der Waals surface area contributed by atoms with Crippen LogP contribution in [-0.2, 0) is 0 Å². The van der Waals surface area contributed by atoms with Crippen LogP contribution in [0.25, 0.3) is 0 Å². The van der Waals surface area contributed by atoms with E-state index in [-0.39, 0.29) is 0 Å². The summed E-state index contributed by atoms with van der Waals surface area (Å²) >= 11 is 0. The summed E-state index contributed by atoms with van der Waals surface area (Å²) in [7, 11) is 0. The monoisotopic (exact) mass is 265 g/mol. The fourth-order valence-corrected chi connectivity index (χ4v) is 3.79. The van der Waals surface area contributed by atoms with E-state index in [1.54, 1.807) is 17.8 Å². The third kappa shape index (κ3) is 2.10. The minimum Gasteiger partial charge on any atom is -0.350 e. The van der Waals surface area contributed by atoms with Gasteiger partial charge in [0.05, 0.1) is 11.6 Å². The van der Waals surface area contributed by atoms with Crippen molar-refractivity contribution in [1.82, 2.24) is 4.98 Å². The lowest BCUT2D eigenvalue weighted by atomic mass is 9.95. The van der Waals surface area contributed by atoms with Crippen LogP contribution in [0.4, 0.5) is 5.82 Å². The Morgan fingerprint density at radius 2 is 1.95 bits per heavy atom. The van der Waals surface area contributed by atoms with Crippen LogP contribution in [0.2, 0.25) is 0 Å². The molecule has 0 radical (unpaired) electrons. The average Bonchev–Trinajstić information content (AvgIpc) is 3.24. The minimum atomic E-state index is 0.597. The molecule has 0 spiro atoms. The molecule has 20 heavy (non-hydrogen) atoms. The number of hydrogen-bond donors (Lipinski definition) is 0. The third-order valence-corrected chi connectivity index (χ3v) is 4.85. The van der Waals surface area contributed by atoms with Crippen LogP contribution in [0.15, 0.2) is 30.0 Å². The first-order valence-corrected chi connectivity index (χ1v) is 7.67. The first-order chi connectivity index (χ1) is 9.83. The number of allylic oxidation sites excluding steroid dienone is 1. The van der Waals surface area contributed by atoms with Crippen LogP contribution < -0.4 is 4.90 Å². The first kappa shape index (κ1) is 12.0. The number of aromatic nitrogens is 1. The molecule has 102 valence electrons. The highest BCUT2D eigenvalue weighted by molar-refractivity contribution is 5.49. The summed E-state index contributed by atoms with van der Waals surface area (Å²) in [6.45, 7) is 0. The second-order valence-electron chi connectivity index (χ2n) is 6.38. The second kappa shape index (κ2) is 4.63. The molecule has 1 aliphatic carbocycles. The summed E-state index contributed by atoms with van der Waals surface area (Å²) in [5.41, 5.74) is 2.39. The molecule has 3 aliphatic rings. The average molecular weight is 265 g/mol. The van der Waals surface area contributed by atoms with Crippen LogP contribution >= 0.6 is 0 Å². The topological polar surface area (TPSA) is 39.9 Å². The van der Waals surface area contributed by atoms with Gasteiger partial charge in [-0.1, -0.05) is 11.6 Å². The summed E-state index contributed by atoms with van der Waals surface area (Å²) < 4.78 is 0. The molecule has 1 aromatic heterocycles. The maximum absolute atomic E-state index is 9.05. The molecular weight excluding hydrogens is 246 g/mol. The molecule has 2 atom stereocenters. The molecular formula is C17H19N3. The van der Waals surface area contributed by atoms with Crippen LogP contribution in [-0.4, -0.2) is 17.1 Å². The standard InChI is InChI=1S/C17H19N3/c18-11-13-5-6-19-17(10-13)20-15-3-4-16(20)9-14(8-15)7-12-1-2-12/h5-7,10,12,15-16H,1-4,8-9H2. The zero-order valence-corrected chi connectivity index (χ0v) is 11.6. The number of rotatable bonds is 2. The van der Waals surface area contributed by atoms with Gasteiger partial charge in [0, 0.05) is 18.3 Å². The second-order valence-corrected chi connectivity index (χ2v) is 6.38. The van der Waals surface area contributed by atoms with Crippen molar-refractivity contribution in [3.63, 3.8) is 0 Å². The summed E-state index contributed by atoms with van der Waals surface area (Å²) in [5.74, 6) is 1.89. The summed E-state index contributed by atoms with van der Waals surface area (Å²) in [6.07, 6.45) is 12.0. The van der Waals surface area contributed by atoms with Crippen molar-refractivity contribution in [3.05, 3.63) is 35.5 Å². The van der Waals surface area contributed by atoms with E-state index >= 15 is 0 Å². The van der Waals surface area contributed by atoms with Gasteiger partial charge in [-0.2, -0.15) is 5.26 Å². The molecule has 4 rings (SSSR count). The van der Waals surface area contributed by atoms with Crippen molar-refractivity contribution < 1.29 is 0 Å². The molecule has 2 unspecified atom stereocenters. The van der Waals surface area contributed by atoms with E-state index in [0.717, 1.165) is 11.7 Å². The fourth-order valence-electron chi connectivity index (χ4n) is 3.79. The molecule has 0 N–H and O–H groups in total. The van der Waals surface area contributed by atoms with E-state index in [1.165, 1.54) is 38.5 Å². The highest BCUT2D eigenvalue weighted by atomic mass is 15.3. The van der Waals surface area contributed by atoms with Gasteiger partial charge in [-0.3, -0.25) is 0 Å². The van der Waals surface area contributed by atoms with E-state index in [4.69, 9.17) is 5.26 Å². The third-order valence-electron chi connectivity index (χ3n) is 4.85. The Kier molecular flexibility index (Phi) is 2.77. The van der Waals surface area contributed by atoms with Crippen molar-refractivity contribution in [2.75, 3.05) is 4.90 Å². The normalized spacial score (nSPS) is 28.4. The summed E-state index contributed by atoms with van der Waals surface area (Å²) in [6, 6.07) is 7.15. The van der Waals surface area contributed by atoms with E-state index in [1.807, 2.05) is 6.07 Å². The maximum Gasteiger partial charge on any atom is 0.130 e. The molecule has 3 fully saturated rings. The molecule has 0 aromatic carbocycles. The number of pyridine rings is 1. The molecule has 3 heteroatoms. The van der Waals surface area contributed by atoms with Crippen molar-refractivity contribution >= 4 is 5.82 Å². The zero-order valence-electron chi connectivity index (χ0n) is 11.6. The number of hydrogen-bond acceptors (Lipinski definition) is 3. The lowest BCUT2D eigenvalue weighted by Gasteiger charge is -2.37. The van der Waals surface area contributed by atoms with E-state index < -0.39 is 0 Å². The first-order valence-electron chi connectivity index (χ1n) is 7.67. The van der Waals surface area contributed by atoms with Gasteiger partial charge in [0.2, 0.25) is 0 Å². The largest absolute Gasteiger partial charge is 0.350 e. The number of piperidine rings is 1. The maximum atomic E-state index is 9.05. The Balaban J connectivity index is 1.60. The molecule has 2 bridgehead atoms. The van der Waals surface area contributed by atoms with Crippen LogP contribution in [0, 0.1) is 17.2 Å². The predicted octanol–water partition coefficient (Wildman–Crippen LogP) is 3.42. The molecule has 2 aliphatic heterocycles. The minimum absolute atomic E-state index is 0.597. The van der Waals surface area contributed by atoms with Crippen molar-refractivity contribution in [3.8, 4) is 6.07 Å². The summed E-state index contributed by atoms with van der Waals surface area (Å²) in [4.78, 5) is 6.98. The Bertz CT molecular complexity index is 578.